The van der Waals surface area contributed by atoms with Crippen LogP contribution in [0.2, 0.25) is 0 Å². The lowest BCUT2D eigenvalue weighted by Crippen LogP contribution is -2.66. The van der Waals surface area contributed by atoms with Crippen molar-refractivity contribution >= 4 is 11.8 Å². The minimum atomic E-state index is -0.288. The molecule has 4 saturated carbocycles. The fourth-order valence-electron chi connectivity index (χ4n) is 13.3. The third-order valence-corrected chi connectivity index (χ3v) is 17.2. The van der Waals surface area contributed by atoms with Crippen molar-refractivity contribution in [1.82, 2.24) is 0 Å². The number of hydrogen-bond acceptors (Lipinski definition) is 4. The second kappa shape index (κ2) is 16.9. The van der Waals surface area contributed by atoms with E-state index < -0.39 is 0 Å². The zero-order valence-electron chi connectivity index (χ0n) is 35.4. The van der Waals surface area contributed by atoms with Gasteiger partial charge in [0.05, 0.1) is 12.7 Å². The normalized spacial score (nSPS) is 39.5. The first-order chi connectivity index (χ1) is 24.6. The summed E-state index contributed by atoms with van der Waals surface area (Å²) in [5, 5.41) is 11.0. The molecule has 0 aromatic heterocycles. The van der Waals surface area contributed by atoms with Crippen LogP contribution in [0.1, 0.15) is 216 Å². The van der Waals surface area contributed by atoms with Gasteiger partial charge in [-0.3, -0.25) is 9.59 Å². The van der Waals surface area contributed by atoms with Crippen LogP contribution in [0.4, 0.5) is 0 Å². The summed E-state index contributed by atoms with van der Waals surface area (Å²) in [6, 6.07) is 0. The molecule has 0 aromatic rings. The molecule has 298 valence electrons. The van der Waals surface area contributed by atoms with Crippen LogP contribution in [-0.4, -0.2) is 29.6 Å². The topological polar surface area (TPSA) is 63.6 Å². The third-order valence-electron chi connectivity index (χ3n) is 17.2. The van der Waals surface area contributed by atoms with Crippen LogP contribution in [0.3, 0.4) is 0 Å². The average molecular weight is 723 g/mol. The van der Waals surface area contributed by atoms with E-state index in [1.807, 2.05) is 0 Å². The van der Waals surface area contributed by atoms with Crippen LogP contribution >= 0.6 is 0 Å². The number of unbranched alkanes of at least 4 members (excludes halogenated alkanes) is 14. The smallest absolute Gasteiger partial charge is 0.305 e. The lowest BCUT2D eigenvalue weighted by molar-refractivity contribution is -0.202. The molecule has 4 fully saturated rings. The molecule has 0 heterocycles. The molecule has 1 N–H and O–H groups in total. The number of ether oxygens (including phenoxy) is 1. The Morgan fingerprint density at radius 1 is 0.731 bits per heavy atom. The lowest BCUT2D eigenvalue weighted by atomic mass is 9.33. The number of carbonyl (C=O) groups is 2. The molecule has 5 aliphatic carbocycles. The summed E-state index contributed by atoms with van der Waals surface area (Å²) in [5.74, 6) is 1.07. The van der Waals surface area contributed by atoms with Crippen molar-refractivity contribution in [3.8, 4) is 0 Å². The molecule has 9 atom stereocenters. The highest BCUT2D eigenvalue weighted by molar-refractivity contribution is 5.95. The summed E-state index contributed by atoms with van der Waals surface area (Å²) in [5.41, 5.74) is 1.24. The second-order valence-electron chi connectivity index (χ2n) is 21.2. The van der Waals surface area contributed by atoms with E-state index in [0.29, 0.717) is 30.6 Å². The fraction of sp³-hybridized carbons (Fsp3) is 0.917. The first-order valence-corrected chi connectivity index (χ1v) is 22.7. The minimum absolute atomic E-state index is 0.00752. The standard InChI is InChI=1S/C48H82O4/c1-9-10-11-12-13-14-15-16-17-18-19-20-21-22-23-24-41(51)52-35-44(4)29-30-45(5)31-32-47(7)36(37(45)34-44)33-38(49)42-46(6)27-26-40(50)43(2,3)39(46)25-28-48(42,47)8/h33,37,39-40,42,50H,9-32,34-35H2,1-8H3/t37-,39+,40+,42-,44+,45-,46+,47-,48-/m1/s1. The molecule has 0 bridgehead atoms. The fourth-order valence-corrected chi connectivity index (χ4v) is 13.3. The van der Waals surface area contributed by atoms with E-state index >= 15 is 0 Å². The monoisotopic (exact) mass is 723 g/mol. The molecule has 0 radical (unpaired) electrons. The van der Waals surface area contributed by atoms with Crippen LogP contribution in [0.15, 0.2) is 11.6 Å². The minimum Gasteiger partial charge on any atom is -0.465 e. The molecule has 5 aliphatic rings. The van der Waals surface area contributed by atoms with Crippen LogP contribution in [0.25, 0.3) is 0 Å². The third kappa shape index (κ3) is 8.33. The maximum absolute atomic E-state index is 14.6. The highest BCUT2D eigenvalue weighted by Gasteiger charge is 2.70. The lowest BCUT2D eigenvalue weighted by Gasteiger charge is -2.70. The summed E-state index contributed by atoms with van der Waals surface area (Å²) in [7, 11) is 0. The van der Waals surface area contributed by atoms with Crippen LogP contribution in [0.5, 0.6) is 0 Å². The Kier molecular flexibility index (Phi) is 13.7. The SMILES string of the molecule is CCCCCCCCCCCCCCCCCC(=O)OC[C@@]1(C)CC[C@]2(C)CC[C@]3(C)C(=CC(=O)[C@@H]4[C@@]5(C)CC[C@H](O)C(C)(C)[C@@H]5CC[C@]43C)[C@H]2C1. The van der Waals surface area contributed by atoms with Gasteiger partial charge < -0.3 is 9.84 Å². The predicted octanol–water partition coefficient (Wildman–Crippen LogP) is 13.1. The van der Waals surface area contributed by atoms with Gasteiger partial charge in [0.2, 0.25) is 0 Å². The van der Waals surface area contributed by atoms with Gasteiger partial charge in [0, 0.05) is 17.8 Å². The molecule has 4 heteroatoms. The number of fused-ring (bicyclic) bond motifs is 7. The average Bonchev–Trinajstić information content (AvgIpc) is 3.09. The Bertz CT molecular complexity index is 1250. The molecule has 0 aliphatic heterocycles. The Balaban J connectivity index is 1.09. The van der Waals surface area contributed by atoms with Gasteiger partial charge in [0.15, 0.2) is 5.78 Å². The summed E-state index contributed by atoms with van der Waals surface area (Å²) in [6.07, 6.45) is 31.8. The second-order valence-corrected chi connectivity index (χ2v) is 21.2. The van der Waals surface area contributed by atoms with E-state index in [9.17, 15) is 14.7 Å². The Labute approximate surface area is 320 Å². The van der Waals surface area contributed by atoms with Crippen molar-refractivity contribution in [3.05, 3.63) is 11.6 Å². The summed E-state index contributed by atoms with van der Waals surface area (Å²) >= 11 is 0. The van der Waals surface area contributed by atoms with Gasteiger partial charge in [-0.05, 0) is 109 Å². The first-order valence-electron chi connectivity index (χ1n) is 22.7. The highest BCUT2D eigenvalue weighted by Crippen LogP contribution is 2.75. The maximum atomic E-state index is 14.6. The molecule has 0 saturated heterocycles. The van der Waals surface area contributed by atoms with Crippen LogP contribution < -0.4 is 0 Å². The van der Waals surface area contributed by atoms with Gasteiger partial charge in [-0.1, -0.05) is 151 Å². The van der Waals surface area contributed by atoms with Gasteiger partial charge in [-0.25, -0.2) is 0 Å². The number of rotatable bonds is 18. The van der Waals surface area contributed by atoms with Gasteiger partial charge in [-0.2, -0.15) is 0 Å². The number of aliphatic hydroxyl groups is 1. The van der Waals surface area contributed by atoms with E-state index in [1.54, 1.807) is 0 Å². The predicted molar refractivity (Wildman–Crippen MR) is 216 cm³/mol. The Morgan fingerprint density at radius 2 is 1.29 bits per heavy atom. The van der Waals surface area contributed by atoms with Crippen molar-refractivity contribution in [1.29, 1.82) is 0 Å². The van der Waals surface area contributed by atoms with Gasteiger partial charge in [0.25, 0.3) is 0 Å². The molecule has 0 amide bonds. The van der Waals surface area contributed by atoms with E-state index in [1.165, 1.54) is 95.5 Å². The molecule has 0 spiro atoms. The quantitative estimate of drug-likeness (QED) is 0.113. The molecule has 0 unspecified atom stereocenters. The number of aliphatic hydroxyl groups excluding tert-OH is 1. The van der Waals surface area contributed by atoms with E-state index in [2.05, 4.69) is 61.5 Å². The number of carbonyl (C=O) groups excluding carboxylic acids is 2. The summed E-state index contributed by atoms with van der Waals surface area (Å²) in [6.45, 7) is 19.5. The van der Waals surface area contributed by atoms with E-state index in [-0.39, 0.29) is 50.5 Å². The Morgan fingerprint density at radius 3 is 1.88 bits per heavy atom. The Hall–Kier alpha value is -1.16. The molecule has 5 rings (SSSR count). The van der Waals surface area contributed by atoms with Gasteiger partial charge in [-0.15, -0.1) is 0 Å². The number of hydrogen-bond donors (Lipinski definition) is 1. The summed E-state index contributed by atoms with van der Waals surface area (Å²) in [4.78, 5) is 27.6. The number of allylic oxidation sites excluding steroid dienone is 2. The zero-order valence-corrected chi connectivity index (χ0v) is 35.4. The van der Waals surface area contributed by atoms with Crippen molar-refractivity contribution in [2.75, 3.05) is 6.61 Å². The van der Waals surface area contributed by atoms with Crippen molar-refractivity contribution < 1.29 is 19.4 Å². The van der Waals surface area contributed by atoms with E-state index in [4.69, 9.17) is 4.74 Å². The molecular formula is C48H82O4. The van der Waals surface area contributed by atoms with Gasteiger partial charge >= 0.3 is 5.97 Å². The zero-order chi connectivity index (χ0) is 37.8. The van der Waals surface area contributed by atoms with E-state index in [0.717, 1.165) is 64.2 Å². The van der Waals surface area contributed by atoms with Crippen LogP contribution in [0, 0.1) is 50.2 Å². The van der Waals surface area contributed by atoms with Crippen LogP contribution in [-0.2, 0) is 14.3 Å². The molecule has 4 nitrogen and oxygen atoms in total. The molecule has 0 aromatic carbocycles. The highest BCUT2D eigenvalue weighted by atomic mass is 16.5. The van der Waals surface area contributed by atoms with Crippen molar-refractivity contribution in [2.24, 2.45) is 50.2 Å². The molecule has 52 heavy (non-hydrogen) atoms. The maximum Gasteiger partial charge on any atom is 0.305 e. The van der Waals surface area contributed by atoms with Crippen molar-refractivity contribution in [3.63, 3.8) is 0 Å². The molecular weight excluding hydrogens is 641 g/mol. The van der Waals surface area contributed by atoms with Gasteiger partial charge in [0.1, 0.15) is 0 Å². The number of ketones is 1. The van der Waals surface area contributed by atoms with Crippen molar-refractivity contribution in [2.45, 2.75) is 222 Å². The number of esters is 1. The summed E-state index contributed by atoms with van der Waals surface area (Å²) < 4.78 is 6.06. The first kappa shape index (κ1) is 42.0. The largest absolute Gasteiger partial charge is 0.465 e.